The molecule has 11 nitrogen and oxygen atoms in total. The molecule has 73 heavy (non-hydrogen) atoms. The van der Waals surface area contributed by atoms with E-state index in [1.807, 2.05) is 19.1 Å². The number of aliphatic hydroxyl groups is 5. The minimum atomic E-state index is -1.58. The fraction of sp³-hybridized carbons (Fsp3) is 0.742. The van der Waals surface area contributed by atoms with Crippen molar-refractivity contribution in [2.75, 3.05) is 19.8 Å². The highest BCUT2D eigenvalue weighted by Gasteiger charge is 2.44. The van der Waals surface area contributed by atoms with Gasteiger partial charge in [0.2, 0.25) is 5.91 Å². The molecular weight excluding hydrogens is 919 g/mol. The van der Waals surface area contributed by atoms with Crippen molar-refractivity contribution in [2.24, 2.45) is 0 Å². The zero-order valence-corrected chi connectivity index (χ0v) is 46.1. The Bertz CT molecular complexity index is 1490. The van der Waals surface area contributed by atoms with Gasteiger partial charge in [-0.25, -0.2) is 0 Å². The number of carbonyl (C=O) groups is 2. The molecule has 1 amide bonds. The Morgan fingerprint density at radius 2 is 0.986 bits per heavy atom. The van der Waals surface area contributed by atoms with Crippen LogP contribution in [-0.4, -0.2) is 100 Å². The van der Waals surface area contributed by atoms with Gasteiger partial charge in [-0.3, -0.25) is 9.59 Å². The van der Waals surface area contributed by atoms with E-state index in [0.29, 0.717) is 25.9 Å². The van der Waals surface area contributed by atoms with Crippen molar-refractivity contribution in [2.45, 2.75) is 275 Å². The summed E-state index contributed by atoms with van der Waals surface area (Å²) in [6.45, 7) is 3.92. The van der Waals surface area contributed by atoms with Gasteiger partial charge < -0.3 is 45.1 Å². The molecule has 0 aromatic carbocycles. The molecule has 0 spiro atoms. The Morgan fingerprint density at radius 1 is 0.534 bits per heavy atom. The average molecular weight is 1030 g/mol. The third kappa shape index (κ3) is 40.8. The summed E-state index contributed by atoms with van der Waals surface area (Å²) < 4.78 is 16.6. The predicted octanol–water partition coefficient (Wildman–Crippen LogP) is 13.4. The van der Waals surface area contributed by atoms with E-state index >= 15 is 0 Å². The number of hydrogen-bond donors (Lipinski definition) is 6. The molecule has 6 N–H and O–H groups in total. The Labute approximate surface area is 444 Å². The lowest BCUT2D eigenvalue weighted by atomic mass is 9.99. The van der Waals surface area contributed by atoms with E-state index in [2.05, 4.69) is 79.1 Å². The lowest BCUT2D eigenvalue weighted by Gasteiger charge is -2.40. The van der Waals surface area contributed by atoms with Gasteiger partial charge in [0.1, 0.15) is 24.4 Å². The van der Waals surface area contributed by atoms with Crippen LogP contribution >= 0.6 is 0 Å². The Kier molecular flexibility index (Phi) is 47.4. The molecule has 0 bridgehead atoms. The van der Waals surface area contributed by atoms with Crippen LogP contribution in [0.5, 0.6) is 0 Å². The van der Waals surface area contributed by atoms with Crippen LogP contribution in [0.25, 0.3) is 0 Å². The Hall–Kier alpha value is -3.16. The average Bonchev–Trinajstić information content (AvgIpc) is 3.39. The molecule has 1 aliphatic heterocycles. The minimum absolute atomic E-state index is 0.0648. The van der Waals surface area contributed by atoms with Gasteiger partial charge in [0.05, 0.1) is 32.0 Å². The highest BCUT2D eigenvalue weighted by atomic mass is 16.7. The van der Waals surface area contributed by atoms with Crippen molar-refractivity contribution in [3.63, 3.8) is 0 Å². The summed E-state index contributed by atoms with van der Waals surface area (Å²) >= 11 is 0. The van der Waals surface area contributed by atoms with Crippen molar-refractivity contribution in [3.05, 3.63) is 85.1 Å². The number of nitrogens with one attached hydrogen (secondary N) is 1. The summed E-state index contributed by atoms with van der Waals surface area (Å²) in [5.74, 6) is -0.271. The maximum Gasteiger partial charge on any atom is 0.305 e. The molecule has 1 rings (SSSR count). The van der Waals surface area contributed by atoms with Gasteiger partial charge in [0.15, 0.2) is 6.29 Å². The largest absolute Gasteiger partial charge is 0.465 e. The Balaban J connectivity index is 2.04. The monoisotopic (exact) mass is 1030 g/mol. The molecule has 0 aliphatic carbocycles. The van der Waals surface area contributed by atoms with Crippen molar-refractivity contribution in [3.8, 4) is 0 Å². The zero-order chi connectivity index (χ0) is 53.1. The summed E-state index contributed by atoms with van der Waals surface area (Å²) in [6.07, 6.45) is 58.7. The number of rotatable bonds is 49. The summed E-state index contributed by atoms with van der Waals surface area (Å²) in [5, 5.41) is 54.1. The number of carbonyl (C=O) groups excluding carboxylic acids is 2. The molecule has 1 fully saturated rings. The lowest BCUT2D eigenvalue weighted by Crippen LogP contribution is -2.60. The number of aliphatic hydroxyl groups excluding tert-OH is 5. The smallest absolute Gasteiger partial charge is 0.305 e. The van der Waals surface area contributed by atoms with Gasteiger partial charge in [0.25, 0.3) is 0 Å². The quantitative estimate of drug-likeness (QED) is 0.0195. The molecule has 0 radical (unpaired) electrons. The molecule has 0 saturated carbocycles. The van der Waals surface area contributed by atoms with Crippen molar-refractivity contribution in [1.82, 2.24) is 5.32 Å². The second kappa shape index (κ2) is 51.0. The third-order valence-corrected chi connectivity index (χ3v) is 13.3. The molecule has 11 heteroatoms. The van der Waals surface area contributed by atoms with Crippen LogP contribution in [0.15, 0.2) is 85.1 Å². The molecule has 420 valence electrons. The van der Waals surface area contributed by atoms with Crippen LogP contribution in [0.3, 0.4) is 0 Å². The number of ether oxygens (including phenoxy) is 3. The van der Waals surface area contributed by atoms with E-state index in [4.69, 9.17) is 14.2 Å². The molecule has 7 unspecified atom stereocenters. The zero-order valence-electron chi connectivity index (χ0n) is 46.1. The van der Waals surface area contributed by atoms with Crippen molar-refractivity contribution in [1.29, 1.82) is 0 Å². The third-order valence-electron chi connectivity index (χ3n) is 13.3. The van der Waals surface area contributed by atoms with Gasteiger partial charge in [-0.2, -0.15) is 0 Å². The minimum Gasteiger partial charge on any atom is -0.465 e. The molecule has 7 atom stereocenters. The summed E-state index contributed by atoms with van der Waals surface area (Å²) in [6, 6.07) is -0.839. The highest BCUT2D eigenvalue weighted by Crippen LogP contribution is 2.23. The van der Waals surface area contributed by atoms with Crippen molar-refractivity contribution >= 4 is 11.9 Å². The first-order valence-corrected chi connectivity index (χ1v) is 29.3. The van der Waals surface area contributed by atoms with Crippen LogP contribution in [0.1, 0.15) is 232 Å². The SMILES string of the molecule is C/C=C/CC/C=C/CC/C=C/C(O)C(COC1OC(CO)C(O)C(O)C1O)NC(=O)CCCCCCCCCCCCCCCC/C=C\C/C=C\CCOC(=O)CCCCCCC/C=C\C/C=C\CCCCC. The van der Waals surface area contributed by atoms with Crippen LogP contribution < -0.4 is 5.32 Å². The van der Waals surface area contributed by atoms with Gasteiger partial charge in [-0.1, -0.05) is 201 Å². The van der Waals surface area contributed by atoms with E-state index in [9.17, 15) is 35.1 Å². The molecule has 1 saturated heterocycles. The first-order valence-electron chi connectivity index (χ1n) is 29.3. The number of allylic oxidation sites excluding steroid dienone is 12. The van der Waals surface area contributed by atoms with Crippen molar-refractivity contribution < 1.29 is 49.3 Å². The summed E-state index contributed by atoms with van der Waals surface area (Å²) in [5.41, 5.74) is 0. The maximum atomic E-state index is 13.0. The summed E-state index contributed by atoms with van der Waals surface area (Å²) in [7, 11) is 0. The lowest BCUT2D eigenvalue weighted by molar-refractivity contribution is -0.302. The second-order valence-corrected chi connectivity index (χ2v) is 20.0. The first kappa shape index (κ1) is 67.9. The molecular formula is C62H107NO10. The molecule has 1 heterocycles. The van der Waals surface area contributed by atoms with Gasteiger partial charge >= 0.3 is 5.97 Å². The number of unbranched alkanes of at least 4 members (excludes halogenated alkanes) is 24. The first-order chi connectivity index (χ1) is 35.7. The highest BCUT2D eigenvalue weighted by molar-refractivity contribution is 5.76. The predicted molar refractivity (Wildman–Crippen MR) is 301 cm³/mol. The van der Waals surface area contributed by atoms with E-state index in [0.717, 1.165) is 89.9 Å². The van der Waals surface area contributed by atoms with E-state index in [1.54, 1.807) is 6.08 Å². The maximum absolute atomic E-state index is 13.0. The van der Waals surface area contributed by atoms with E-state index in [-0.39, 0.29) is 18.5 Å². The number of hydrogen-bond acceptors (Lipinski definition) is 10. The van der Waals surface area contributed by atoms with Gasteiger partial charge in [0, 0.05) is 12.8 Å². The number of esters is 1. The van der Waals surface area contributed by atoms with E-state index < -0.39 is 49.5 Å². The fourth-order valence-electron chi connectivity index (χ4n) is 8.63. The Morgan fingerprint density at radius 3 is 1.51 bits per heavy atom. The standard InChI is InChI=1S/C62H107NO10/c1-3-5-7-9-11-13-14-15-23-27-30-34-38-42-46-50-58(67)71-51-47-43-39-35-31-28-25-22-20-18-16-17-19-21-24-26-29-33-37-41-45-49-57(66)63-54(55(65)48-44-40-36-32-12-10-8-6-4-2)53-72-62-61(70)60(69)59(68)56(52-64)73-62/h4,6,11-13,15,23,28,31-32,39,43-44,48,54-56,59-62,64-65,68-70H,3,5,7-10,14,16-22,24-27,29-30,33-38,40-42,45-47,49-53H2,1-2H3,(H,63,66)/b6-4+,13-11-,23-15-,31-28-,32-12+,43-39-,48-44+. The van der Waals surface area contributed by atoms with Gasteiger partial charge in [-0.05, 0) is 103 Å². The van der Waals surface area contributed by atoms with Gasteiger partial charge in [-0.15, -0.1) is 0 Å². The van der Waals surface area contributed by atoms with Crippen LogP contribution in [0.2, 0.25) is 0 Å². The van der Waals surface area contributed by atoms with Crippen LogP contribution in [0.4, 0.5) is 0 Å². The molecule has 0 aromatic rings. The summed E-state index contributed by atoms with van der Waals surface area (Å²) in [4.78, 5) is 25.0. The molecule has 0 aromatic heterocycles. The normalized spacial score (nSPS) is 19.6. The van der Waals surface area contributed by atoms with Crippen LogP contribution in [-0.2, 0) is 23.8 Å². The molecule has 1 aliphatic rings. The number of amides is 1. The van der Waals surface area contributed by atoms with E-state index in [1.165, 1.54) is 109 Å². The fourth-order valence-corrected chi connectivity index (χ4v) is 8.63. The van der Waals surface area contributed by atoms with Crippen LogP contribution in [0, 0.1) is 0 Å². The topological polar surface area (TPSA) is 175 Å². The second-order valence-electron chi connectivity index (χ2n) is 20.0.